The molecule has 0 radical (unpaired) electrons. The topological polar surface area (TPSA) is 67.4 Å². The van der Waals surface area contributed by atoms with Gasteiger partial charge in [-0.3, -0.25) is 9.59 Å². The summed E-state index contributed by atoms with van der Waals surface area (Å²) in [6, 6.07) is 14.1. The Hall–Kier alpha value is -2.53. The molecule has 2 aromatic carbocycles. The predicted octanol–water partition coefficient (Wildman–Crippen LogP) is 3.57. The molecule has 6 heteroatoms. The standard InChI is InChI=1S/C20H23ClN2O3/c1-2-3-12-26-17-10-8-15(9-11-17)20(25)23-14-19(24)22-13-16-6-4-5-7-18(16)21/h4-11H,2-3,12-14H2,1H3,(H,22,24)(H,23,25). The van der Waals surface area contributed by atoms with Gasteiger partial charge in [-0.1, -0.05) is 43.1 Å². The number of hydrogen-bond acceptors (Lipinski definition) is 3. The zero-order chi connectivity index (χ0) is 18.8. The number of hydrogen-bond donors (Lipinski definition) is 2. The van der Waals surface area contributed by atoms with Gasteiger partial charge < -0.3 is 15.4 Å². The van der Waals surface area contributed by atoms with Crippen LogP contribution in [0.5, 0.6) is 5.75 Å². The van der Waals surface area contributed by atoms with E-state index >= 15 is 0 Å². The predicted molar refractivity (Wildman–Crippen MR) is 102 cm³/mol. The van der Waals surface area contributed by atoms with Crippen molar-refractivity contribution >= 4 is 23.4 Å². The van der Waals surface area contributed by atoms with Crippen molar-refractivity contribution in [1.82, 2.24) is 10.6 Å². The second-order valence-corrected chi connectivity index (χ2v) is 6.18. The number of ether oxygens (including phenoxy) is 1. The molecule has 0 spiro atoms. The van der Waals surface area contributed by atoms with Gasteiger partial charge in [0.05, 0.1) is 13.2 Å². The number of unbranched alkanes of at least 4 members (excludes halogenated alkanes) is 1. The van der Waals surface area contributed by atoms with Crippen LogP contribution in [0.3, 0.4) is 0 Å². The molecule has 2 N–H and O–H groups in total. The molecule has 0 bridgehead atoms. The SMILES string of the molecule is CCCCOc1ccc(C(=O)NCC(=O)NCc2ccccc2Cl)cc1. The van der Waals surface area contributed by atoms with Crippen LogP contribution in [0.15, 0.2) is 48.5 Å². The van der Waals surface area contributed by atoms with E-state index in [0.717, 1.165) is 24.2 Å². The highest BCUT2D eigenvalue weighted by Crippen LogP contribution is 2.14. The summed E-state index contributed by atoms with van der Waals surface area (Å²) in [7, 11) is 0. The molecule has 0 aliphatic heterocycles. The number of carbonyl (C=O) groups is 2. The first-order chi connectivity index (χ1) is 12.6. The maximum absolute atomic E-state index is 12.1. The maximum atomic E-state index is 12.1. The Balaban J connectivity index is 1.75. The summed E-state index contributed by atoms with van der Waals surface area (Å²) >= 11 is 6.04. The zero-order valence-corrected chi connectivity index (χ0v) is 15.5. The van der Waals surface area contributed by atoms with Crippen LogP contribution in [-0.4, -0.2) is 25.0 Å². The third-order valence-corrected chi connectivity index (χ3v) is 4.10. The minimum Gasteiger partial charge on any atom is -0.494 e. The summed E-state index contributed by atoms with van der Waals surface area (Å²) < 4.78 is 5.56. The quantitative estimate of drug-likeness (QED) is 0.659. The van der Waals surface area contributed by atoms with E-state index in [1.807, 2.05) is 18.2 Å². The smallest absolute Gasteiger partial charge is 0.251 e. The lowest BCUT2D eigenvalue weighted by atomic mass is 10.2. The van der Waals surface area contributed by atoms with Crippen molar-refractivity contribution in [2.24, 2.45) is 0 Å². The van der Waals surface area contributed by atoms with Gasteiger partial charge >= 0.3 is 0 Å². The third kappa shape index (κ3) is 6.41. The van der Waals surface area contributed by atoms with Gasteiger partial charge in [0.2, 0.25) is 5.91 Å². The fourth-order valence-electron chi connectivity index (χ4n) is 2.20. The molecule has 0 aliphatic rings. The van der Waals surface area contributed by atoms with Crippen molar-refractivity contribution in [3.05, 3.63) is 64.7 Å². The maximum Gasteiger partial charge on any atom is 0.251 e. The second-order valence-electron chi connectivity index (χ2n) is 5.78. The molecule has 26 heavy (non-hydrogen) atoms. The zero-order valence-electron chi connectivity index (χ0n) is 14.8. The Bertz CT molecular complexity index is 732. The number of amides is 2. The number of halogens is 1. The van der Waals surface area contributed by atoms with Crippen molar-refractivity contribution in [3.63, 3.8) is 0 Å². The van der Waals surface area contributed by atoms with Crippen LogP contribution in [0.25, 0.3) is 0 Å². The third-order valence-electron chi connectivity index (χ3n) is 3.73. The number of nitrogens with one attached hydrogen (secondary N) is 2. The van der Waals surface area contributed by atoms with E-state index in [1.165, 1.54) is 0 Å². The van der Waals surface area contributed by atoms with Crippen LogP contribution in [0.2, 0.25) is 5.02 Å². The summed E-state index contributed by atoms with van der Waals surface area (Å²) in [5.41, 5.74) is 1.30. The summed E-state index contributed by atoms with van der Waals surface area (Å²) in [5.74, 6) is 0.142. The van der Waals surface area contributed by atoms with Gasteiger partial charge in [-0.15, -0.1) is 0 Å². The van der Waals surface area contributed by atoms with E-state index in [-0.39, 0.29) is 18.4 Å². The number of rotatable bonds is 9. The van der Waals surface area contributed by atoms with E-state index in [9.17, 15) is 9.59 Å². The molecule has 0 unspecified atom stereocenters. The fourth-order valence-corrected chi connectivity index (χ4v) is 2.40. The van der Waals surface area contributed by atoms with E-state index < -0.39 is 0 Å². The van der Waals surface area contributed by atoms with Crippen molar-refractivity contribution in [2.45, 2.75) is 26.3 Å². The number of carbonyl (C=O) groups excluding carboxylic acids is 2. The molecule has 2 aromatic rings. The first kappa shape index (κ1) is 19.8. The summed E-state index contributed by atoms with van der Waals surface area (Å²) in [6.07, 6.45) is 2.06. The van der Waals surface area contributed by atoms with Gasteiger partial charge in [0, 0.05) is 17.1 Å². The summed E-state index contributed by atoms with van der Waals surface area (Å²) in [6.45, 7) is 2.98. The molecule has 2 rings (SSSR count). The Morgan fingerprint density at radius 2 is 1.77 bits per heavy atom. The highest BCUT2D eigenvalue weighted by atomic mass is 35.5. The molecule has 0 heterocycles. The lowest BCUT2D eigenvalue weighted by molar-refractivity contribution is -0.120. The monoisotopic (exact) mass is 374 g/mol. The molecule has 0 saturated carbocycles. The minimum absolute atomic E-state index is 0.0992. The van der Waals surface area contributed by atoms with Gasteiger partial charge in [0.25, 0.3) is 5.91 Å². The first-order valence-electron chi connectivity index (χ1n) is 8.61. The van der Waals surface area contributed by atoms with Crippen molar-refractivity contribution in [3.8, 4) is 5.75 Å². The van der Waals surface area contributed by atoms with E-state index in [1.54, 1.807) is 30.3 Å². The van der Waals surface area contributed by atoms with Crippen LogP contribution in [0.1, 0.15) is 35.7 Å². The fraction of sp³-hybridized carbons (Fsp3) is 0.300. The normalized spacial score (nSPS) is 10.2. The summed E-state index contributed by atoms with van der Waals surface area (Å²) in [4.78, 5) is 24.0. The van der Waals surface area contributed by atoms with Gasteiger partial charge in [-0.25, -0.2) is 0 Å². The van der Waals surface area contributed by atoms with Crippen LogP contribution in [0.4, 0.5) is 0 Å². The Labute approximate surface area is 158 Å². The highest BCUT2D eigenvalue weighted by molar-refractivity contribution is 6.31. The molecule has 0 aromatic heterocycles. The van der Waals surface area contributed by atoms with Crippen molar-refractivity contribution in [1.29, 1.82) is 0 Å². The van der Waals surface area contributed by atoms with Crippen LogP contribution in [0, 0.1) is 0 Å². The molecule has 138 valence electrons. The largest absolute Gasteiger partial charge is 0.494 e. The first-order valence-corrected chi connectivity index (χ1v) is 8.99. The van der Waals surface area contributed by atoms with E-state index in [0.29, 0.717) is 23.7 Å². The average molecular weight is 375 g/mol. The molecule has 5 nitrogen and oxygen atoms in total. The number of benzene rings is 2. The molecular formula is C20H23ClN2O3. The molecule has 0 atom stereocenters. The Morgan fingerprint density at radius 1 is 1.04 bits per heavy atom. The van der Waals surface area contributed by atoms with Crippen LogP contribution >= 0.6 is 11.6 Å². The molecule has 2 amide bonds. The summed E-state index contributed by atoms with van der Waals surface area (Å²) in [5, 5.41) is 5.92. The minimum atomic E-state index is -0.307. The van der Waals surface area contributed by atoms with Crippen LogP contribution < -0.4 is 15.4 Å². The molecule has 0 fully saturated rings. The van der Waals surface area contributed by atoms with Gasteiger partial charge in [-0.05, 0) is 42.3 Å². The Morgan fingerprint density at radius 3 is 2.46 bits per heavy atom. The molecule has 0 saturated heterocycles. The van der Waals surface area contributed by atoms with Crippen LogP contribution in [-0.2, 0) is 11.3 Å². The lowest BCUT2D eigenvalue weighted by Gasteiger charge is -2.09. The van der Waals surface area contributed by atoms with Gasteiger partial charge in [0.15, 0.2) is 0 Å². The Kier molecular flexibility index (Phi) is 7.96. The van der Waals surface area contributed by atoms with Crippen molar-refractivity contribution < 1.29 is 14.3 Å². The van der Waals surface area contributed by atoms with Gasteiger partial charge in [-0.2, -0.15) is 0 Å². The van der Waals surface area contributed by atoms with E-state index in [2.05, 4.69) is 17.6 Å². The van der Waals surface area contributed by atoms with Gasteiger partial charge in [0.1, 0.15) is 5.75 Å². The second kappa shape index (κ2) is 10.5. The molecular weight excluding hydrogens is 352 g/mol. The average Bonchev–Trinajstić information content (AvgIpc) is 2.66. The highest BCUT2D eigenvalue weighted by Gasteiger charge is 2.09. The van der Waals surface area contributed by atoms with E-state index in [4.69, 9.17) is 16.3 Å². The molecule has 0 aliphatic carbocycles. The lowest BCUT2D eigenvalue weighted by Crippen LogP contribution is -2.36. The van der Waals surface area contributed by atoms with Crippen molar-refractivity contribution in [2.75, 3.05) is 13.2 Å².